The van der Waals surface area contributed by atoms with Crippen molar-refractivity contribution >= 4 is 28.0 Å². The van der Waals surface area contributed by atoms with E-state index in [0.717, 1.165) is 22.5 Å². The molecule has 2 heterocycles. The molecule has 1 aromatic heterocycles. The monoisotopic (exact) mass is 446 g/mol. The van der Waals surface area contributed by atoms with E-state index in [2.05, 4.69) is 15.5 Å². The molecule has 32 heavy (non-hydrogen) atoms. The van der Waals surface area contributed by atoms with E-state index in [9.17, 15) is 18.3 Å². The molecule has 0 unspecified atom stereocenters. The minimum atomic E-state index is -4.54. The minimum absolute atomic E-state index is 0.000393. The number of nitrogens with two attached hydrogens (primary N) is 2. The van der Waals surface area contributed by atoms with E-state index in [1.54, 1.807) is 6.92 Å². The van der Waals surface area contributed by atoms with Crippen molar-refractivity contribution in [2.75, 3.05) is 29.0 Å². The number of benzene rings is 2. The lowest BCUT2D eigenvalue weighted by Crippen LogP contribution is -2.60. The van der Waals surface area contributed by atoms with Crippen LogP contribution in [0, 0.1) is 13.8 Å². The smallest absolute Gasteiger partial charge is 0.399 e. The van der Waals surface area contributed by atoms with Gasteiger partial charge in [-0.3, -0.25) is 0 Å². The van der Waals surface area contributed by atoms with Crippen molar-refractivity contribution in [1.82, 2.24) is 10.2 Å². The first-order valence-electron chi connectivity index (χ1n) is 10.1. The van der Waals surface area contributed by atoms with Crippen molar-refractivity contribution < 1.29 is 18.3 Å². The number of alkyl halides is 3. The normalized spacial score (nSPS) is 16.7. The van der Waals surface area contributed by atoms with Crippen LogP contribution < -0.4 is 21.7 Å². The van der Waals surface area contributed by atoms with Crippen molar-refractivity contribution in [3.05, 3.63) is 52.7 Å². The molecule has 4 rings (SSSR count). The number of aliphatic hydroxyl groups is 1. The topological polar surface area (TPSA) is 113 Å². The van der Waals surface area contributed by atoms with Crippen molar-refractivity contribution in [3.8, 4) is 0 Å². The van der Waals surface area contributed by atoms with Gasteiger partial charge in [0.15, 0.2) is 5.82 Å². The Labute approximate surface area is 183 Å². The van der Waals surface area contributed by atoms with Crippen LogP contribution >= 0.6 is 0 Å². The zero-order valence-corrected chi connectivity index (χ0v) is 18.0. The van der Waals surface area contributed by atoms with Gasteiger partial charge < -0.3 is 26.8 Å². The maximum atomic E-state index is 13.4. The number of hydrogen-bond donors (Lipinski definition) is 4. The Hall–Kier alpha value is -3.11. The van der Waals surface area contributed by atoms with Crippen LogP contribution in [-0.4, -0.2) is 34.0 Å². The third kappa shape index (κ3) is 4.03. The predicted molar refractivity (Wildman–Crippen MR) is 118 cm³/mol. The van der Waals surface area contributed by atoms with E-state index in [1.165, 1.54) is 13.0 Å². The molecule has 10 heteroatoms. The largest absolute Gasteiger partial charge is 0.416 e. The van der Waals surface area contributed by atoms with Crippen LogP contribution in [0.2, 0.25) is 0 Å². The third-order valence-corrected chi connectivity index (χ3v) is 5.78. The summed E-state index contributed by atoms with van der Waals surface area (Å²) in [5, 5.41) is 23.0. The molecule has 0 radical (unpaired) electrons. The lowest BCUT2D eigenvalue weighted by atomic mass is 9.95. The zero-order chi connectivity index (χ0) is 23.4. The first-order chi connectivity index (χ1) is 14.9. The molecule has 1 fully saturated rings. The SMILES string of the molecule is Cc1c([C@@H](N)Nc2nnc(C)c3ccc(N4CC(C)(O)C4)cc23)cc(N)cc1C(F)(F)F. The van der Waals surface area contributed by atoms with Crippen LogP contribution in [0.15, 0.2) is 30.3 Å². The van der Waals surface area contributed by atoms with Gasteiger partial charge in [0.1, 0.15) is 6.17 Å². The second kappa shape index (κ2) is 7.49. The summed E-state index contributed by atoms with van der Waals surface area (Å²) in [5.74, 6) is 0.350. The number of halogens is 3. The van der Waals surface area contributed by atoms with Gasteiger partial charge in [0.05, 0.1) is 16.9 Å². The fourth-order valence-corrected chi connectivity index (χ4v) is 4.14. The molecular formula is C22H25F3N6O. The maximum absolute atomic E-state index is 13.4. The lowest BCUT2D eigenvalue weighted by molar-refractivity contribution is -0.138. The number of rotatable bonds is 4. The third-order valence-electron chi connectivity index (χ3n) is 5.78. The number of nitrogens with zero attached hydrogens (tertiary/aromatic N) is 3. The highest BCUT2D eigenvalue weighted by Gasteiger charge is 2.37. The van der Waals surface area contributed by atoms with Crippen LogP contribution in [0.1, 0.15) is 35.5 Å². The Bertz CT molecular complexity index is 1190. The van der Waals surface area contributed by atoms with Gasteiger partial charge in [-0.05, 0) is 56.2 Å². The van der Waals surface area contributed by atoms with Crippen LogP contribution in [0.4, 0.5) is 30.4 Å². The highest BCUT2D eigenvalue weighted by Crippen LogP contribution is 2.37. The van der Waals surface area contributed by atoms with Gasteiger partial charge in [0.25, 0.3) is 0 Å². The number of nitrogens with one attached hydrogen (secondary N) is 1. The van der Waals surface area contributed by atoms with Gasteiger partial charge >= 0.3 is 6.18 Å². The number of aromatic nitrogens is 2. The van der Waals surface area contributed by atoms with Gasteiger partial charge in [-0.25, -0.2) is 0 Å². The Morgan fingerprint density at radius 1 is 1.12 bits per heavy atom. The zero-order valence-electron chi connectivity index (χ0n) is 18.0. The van der Waals surface area contributed by atoms with Gasteiger partial charge in [0.2, 0.25) is 0 Å². The molecule has 3 aromatic rings. The molecule has 1 aliphatic rings. The first kappa shape index (κ1) is 22.1. The number of anilines is 3. The molecule has 0 bridgehead atoms. The second-order valence-electron chi connectivity index (χ2n) is 8.62. The molecule has 6 N–H and O–H groups in total. The Morgan fingerprint density at radius 3 is 2.44 bits per heavy atom. The predicted octanol–water partition coefficient (Wildman–Crippen LogP) is 3.49. The van der Waals surface area contributed by atoms with E-state index in [0.29, 0.717) is 24.6 Å². The molecular weight excluding hydrogens is 421 g/mol. The van der Waals surface area contributed by atoms with E-state index in [4.69, 9.17) is 11.5 Å². The van der Waals surface area contributed by atoms with Gasteiger partial charge in [-0.2, -0.15) is 18.3 Å². The van der Waals surface area contributed by atoms with Crippen molar-refractivity contribution in [1.29, 1.82) is 0 Å². The van der Waals surface area contributed by atoms with Crippen molar-refractivity contribution in [2.45, 2.75) is 38.7 Å². The molecule has 1 saturated heterocycles. The molecule has 1 atom stereocenters. The number of β-amino-alcohol motifs (C(OH)–C–C–N with tert-alkyl or cyclic N) is 1. The quantitative estimate of drug-likeness (QED) is 0.358. The molecule has 0 saturated carbocycles. The molecule has 1 aliphatic heterocycles. The van der Waals surface area contributed by atoms with E-state index < -0.39 is 23.5 Å². The molecule has 2 aromatic carbocycles. The molecule has 0 amide bonds. The highest BCUT2D eigenvalue weighted by molar-refractivity contribution is 5.95. The van der Waals surface area contributed by atoms with E-state index in [-0.39, 0.29) is 16.8 Å². The summed E-state index contributed by atoms with van der Waals surface area (Å²) in [7, 11) is 0. The number of hydrogen-bond acceptors (Lipinski definition) is 7. The number of nitrogen functional groups attached to an aromatic ring is 1. The summed E-state index contributed by atoms with van der Waals surface area (Å²) < 4.78 is 40.2. The average Bonchev–Trinajstić information content (AvgIpc) is 2.68. The summed E-state index contributed by atoms with van der Waals surface area (Å²) in [4.78, 5) is 2.02. The minimum Gasteiger partial charge on any atom is -0.399 e. The van der Waals surface area contributed by atoms with Crippen LogP contribution in [0.3, 0.4) is 0 Å². The molecule has 7 nitrogen and oxygen atoms in total. The average molecular weight is 446 g/mol. The summed E-state index contributed by atoms with van der Waals surface area (Å²) in [5.41, 5.74) is 12.2. The summed E-state index contributed by atoms with van der Waals surface area (Å²) in [6.45, 7) is 5.97. The van der Waals surface area contributed by atoms with Crippen LogP contribution in [-0.2, 0) is 6.18 Å². The first-order valence-corrected chi connectivity index (χ1v) is 10.1. The molecule has 170 valence electrons. The Kier molecular flexibility index (Phi) is 5.17. The van der Waals surface area contributed by atoms with Crippen molar-refractivity contribution in [3.63, 3.8) is 0 Å². The molecule has 0 aliphatic carbocycles. The number of aryl methyl sites for hydroxylation is 1. The van der Waals surface area contributed by atoms with Crippen molar-refractivity contribution in [2.24, 2.45) is 5.73 Å². The van der Waals surface area contributed by atoms with E-state index in [1.807, 2.05) is 30.0 Å². The van der Waals surface area contributed by atoms with Gasteiger partial charge in [-0.15, -0.1) is 5.10 Å². The fourth-order valence-electron chi connectivity index (χ4n) is 4.14. The molecule has 0 spiro atoms. The standard InChI is InChI=1S/C22H25F3N6O/c1-11-16(6-13(26)7-18(11)22(23,24)25)19(27)28-20-17-8-14(31-9-21(3,32)10-31)4-5-15(17)12(2)29-30-20/h4-8,19,32H,9-10,26-27H2,1-3H3,(H,28,30)/t19-/m0/s1. The van der Waals surface area contributed by atoms with E-state index >= 15 is 0 Å². The second-order valence-corrected chi connectivity index (χ2v) is 8.62. The Balaban J connectivity index is 1.72. The Morgan fingerprint density at radius 2 is 1.81 bits per heavy atom. The van der Waals surface area contributed by atoms with Crippen LogP contribution in [0.25, 0.3) is 10.8 Å². The summed E-state index contributed by atoms with van der Waals surface area (Å²) >= 11 is 0. The van der Waals surface area contributed by atoms with Crippen LogP contribution in [0.5, 0.6) is 0 Å². The maximum Gasteiger partial charge on any atom is 0.416 e. The van der Waals surface area contributed by atoms with Gasteiger partial charge in [-0.1, -0.05) is 6.07 Å². The lowest BCUT2D eigenvalue weighted by Gasteiger charge is -2.45. The fraction of sp³-hybridized carbons (Fsp3) is 0.364. The summed E-state index contributed by atoms with van der Waals surface area (Å²) in [6.07, 6.45) is -5.54. The number of fused-ring (bicyclic) bond motifs is 1. The highest BCUT2D eigenvalue weighted by atomic mass is 19.4. The summed E-state index contributed by atoms with van der Waals surface area (Å²) in [6, 6.07) is 8.09. The van der Waals surface area contributed by atoms with Gasteiger partial charge in [0, 0.05) is 35.2 Å².